The topological polar surface area (TPSA) is 79.4 Å². The summed E-state index contributed by atoms with van der Waals surface area (Å²) in [7, 11) is 13.4. The lowest BCUT2D eigenvalue weighted by Crippen LogP contribution is -2.39. The lowest BCUT2D eigenvalue weighted by molar-refractivity contribution is -0.143. The smallest absolute Gasteiger partial charge is 0.307 e. The fraction of sp³-hybridized carbons (Fsp3) is 0.943. The summed E-state index contributed by atoms with van der Waals surface area (Å²) < 4.78 is 11.4. The van der Waals surface area contributed by atoms with Gasteiger partial charge in [-0.15, -0.1) is 0 Å². The van der Waals surface area contributed by atoms with Crippen molar-refractivity contribution in [3.05, 3.63) is 0 Å². The van der Waals surface area contributed by atoms with Gasteiger partial charge in [-0.25, -0.2) is 0 Å². The van der Waals surface area contributed by atoms with E-state index in [4.69, 9.17) is 9.47 Å². The number of likely N-dealkylation sites (N-methyl/N-ethyl adjacent to an activating group) is 1. The van der Waals surface area contributed by atoms with E-state index in [9.17, 15) is 14.4 Å². The average Bonchev–Trinajstić information content (AvgIpc) is 3.33. The molecule has 0 aliphatic heterocycles. The molecular weight excluding hydrogens is 951 g/mol. The average molecular weight is 1060 g/mol. The molecule has 398 valence electrons. The van der Waals surface area contributed by atoms with Crippen LogP contribution in [0.15, 0.2) is 0 Å². The third-order valence-electron chi connectivity index (χ3n) is 12.5. The second-order valence-electron chi connectivity index (χ2n) is 18.8. The summed E-state index contributed by atoms with van der Waals surface area (Å²) >= 11 is 0. The van der Waals surface area contributed by atoms with Gasteiger partial charge in [0.25, 0.3) is 0 Å². The molecule has 0 bridgehead atoms. The highest BCUT2D eigenvalue weighted by Crippen LogP contribution is 2.38. The Morgan fingerprint density at radius 1 is 0.448 bits per heavy atom. The number of rotatable bonds is 55. The third-order valence-corrected chi connectivity index (χ3v) is 21.2. The minimum absolute atomic E-state index is 0.173. The van der Waals surface area contributed by atoms with Gasteiger partial charge in [-0.05, 0) is 77.2 Å². The monoisotopic (exact) mass is 1060 g/mol. The SMILES string of the molecule is CCCCCCCCC(CCCCCC)CSSSCCOC(=O)CCN(CCC(=O)OCCSSSCC(CCCCCC)CCCCCCCC)CCN(C)CCN(CCC)CCC=O. The van der Waals surface area contributed by atoms with Crippen LogP contribution in [0.25, 0.3) is 0 Å². The van der Waals surface area contributed by atoms with Crippen molar-refractivity contribution in [3.63, 3.8) is 0 Å². The maximum atomic E-state index is 12.9. The van der Waals surface area contributed by atoms with Crippen molar-refractivity contribution in [1.29, 1.82) is 0 Å². The van der Waals surface area contributed by atoms with E-state index in [1.807, 2.05) is 41.2 Å². The molecule has 14 heteroatoms. The number of hydrogen-bond donors (Lipinski definition) is 0. The maximum absolute atomic E-state index is 12.9. The molecule has 8 nitrogen and oxygen atoms in total. The highest BCUT2D eigenvalue weighted by Gasteiger charge is 2.16. The Morgan fingerprint density at radius 2 is 0.821 bits per heavy atom. The normalized spacial score (nSPS) is 12.7. The molecule has 0 aromatic rings. The van der Waals surface area contributed by atoms with Crippen LogP contribution in [0.4, 0.5) is 0 Å². The molecule has 2 atom stereocenters. The molecular formula is C53H105N3O5S6. The Morgan fingerprint density at radius 3 is 1.21 bits per heavy atom. The van der Waals surface area contributed by atoms with E-state index in [1.54, 1.807) is 21.6 Å². The van der Waals surface area contributed by atoms with Gasteiger partial charge in [-0.2, -0.15) is 0 Å². The third kappa shape index (κ3) is 48.6. The van der Waals surface area contributed by atoms with E-state index in [0.717, 1.165) is 75.3 Å². The van der Waals surface area contributed by atoms with Gasteiger partial charge in [0, 0.05) is 75.2 Å². The number of aldehydes is 1. The van der Waals surface area contributed by atoms with Gasteiger partial charge < -0.3 is 29.0 Å². The van der Waals surface area contributed by atoms with Crippen molar-refractivity contribution in [2.75, 3.05) is 95.6 Å². The fourth-order valence-electron chi connectivity index (χ4n) is 8.13. The van der Waals surface area contributed by atoms with Crippen LogP contribution in [0.3, 0.4) is 0 Å². The van der Waals surface area contributed by atoms with Crippen LogP contribution in [0, 0.1) is 11.8 Å². The van der Waals surface area contributed by atoms with Crippen LogP contribution < -0.4 is 0 Å². The van der Waals surface area contributed by atoms with E-state index in [1.165, 1.54) is 166 Å². The molecule has 0 spiro atoms. The number of esters is 2. The molecule has 0 amide bonds. The molecule has 0 N–H and O–H groups in total. The first-order valence-corrected chi connectivity index (χ1v) is 35.2. The molecule has 0 radical (unpaired) electrons. The van der Waals surface area contributed by atoms with Crippen molar-refractivity contribution in [3.8, 4) is 0 Å². The van der Waals surface area contributed by atoms with Crippen LogP contribution in [0.5, 0.6) is 0 Å². The Balaban J connectivity index is 4.81. The number of hydrogen-bond acceptors (Lipinski definition) is 14. The van der Waals surface area contributed by atoms with Crippen molar-refractivity contribution in [2.24, 2.45) is 11.8 Å². The van der Waals surface area contributed by atoms with Crippen LogP contribution in [0.1, 0.15) is 214 Å². The van der Waals surface area contributed by atoms with E-state index in [2.05, 4.69) is 56.4 Å². The van der Waals surface area contributed by atoms with Gasteiger partial charge in [0.2, 0.25) is 0 Å². The fourth-order valence-corrected chi connectivity index (χ4v) is 16.0. The summed E-state index contributed by atoms with van der Waals surface area (Å²) in [5, 5.41) is 0. The number of nitrogens with zero attached hydrogens (tertiary/aromatic N) is 3. The van der Waals surface area contributed by atoms with Gasteiger partial charge in [0.1, 0.15) is 19.5 Å². The van der Waals surface area contributed by atoms with Crippen LogP contribution in [-0.4, -0.2) is 129 Å². The molecule has 0 aromatic heterocycles. The molecule has 0 heterocycles. The second kappa shape index (κ2) is 54.4. The van der Waals surface area contributed by atoms with Crippen LogP contribution in [0.2, 0.25) is 0 Å². The molecule has 0 fully saturated rings. The van der Waals surface area contributed by atoms with Crippen LogP contribution in [-0.2, 0) is 23.9 Å². The highest BCUT2D eigenvalue weighted by molar-refractivity contribution is 9.09. The van der Waals surface area contributed by atoms with E-state index in [-0.39, 0.29) is 11.9 Å². The van der Waals surface area contributed by atoms with Crippen molar-refractivity contribution >= 4 is 81.1 Å². The van der Waals surface area contributed by atoms with Gasteiger partial charge in [-0.3, -0.25) is 9.59 Å². The molecule has 0 rings (SSSR count). The molecule has 2 unspecified atom stereocenters. The summed E-state index contributed by atoms with van der Waals surface area (Å²) in [5.74, 6) is 5.29. The number of carbonyl (C=O) groups excluding carboxylic acids is 3. The van der Waals surface area contributed by atoms with Crippen molar-refractivity contribution in [1.82, 2.24) is 14.7 Å². The molecule has 0 saturated carbocycles. The van der Waals surface area contributed by atoms with Crippen molar-refractivity contribution < 1.29 is 23.9 Å². The van der Waals surface area contributed by atoms with Crippen LogP contribution >= 0.6 is 62.8 Å². The predicted molar refractivity (Wildman–Crippen MR) is 308 cm³/mol. The minimum atomic E-state index is -0.173. The van der Waals surface area contributed by atoms with E-state index >= 15 is 0 Å². The first-order chi connectivity index (χ1) is 32.8. The zero-order valence-electron chi connectivity index (χ0n) is 44.3. The lowest BCUT2D eigenvalue weighted by atomic mass is 9.96. The molecule has 0 saturated heterocycles. The molecule has 0 aliphatic carbocycles. The summed E-state index contributed by atoms with van der Waals surface area (Å²) in [6.45, 7) is 18.5. The van der Waals surface area contributed by atoms with E-state index in [0.29, 0.717) is 45.6 Å². The van der Waals surface area contributed by atoms with Gasteiger partial charge in [0.15, 0.2) is 0 Å². The van der Waals surface area contributed by atoms with Crippen molar-refractivity contribution in [2.45, 2.75) is 214 Å². The summed E-state index contributed by atoms with van der Waals surface area (Å²) in [6, 6.07) is 0. The largest absolute Gasteiger partial charge is 0.465 e. The summed E-state index contributed by atoms with van der Waals surface area (Å²) in [6.07, 6.45) is 35.8. The van der Waals surface area contributed by atoms with E-state index < -0.39 is 0 Å². The van der Waals surface area contributed by atoms with Gasteiger partial charge in [-0.1, -0.05) is 206 Å². The minimum Gasteiger partial charge on any atom is -0.465 e. The number of ether oxygens (including phenoxy) is 2. The van der Waals surface area contributed by atoms with Gasteiger partial charge >= 0.3 is 11.9 Å². The number of unbranched alkanes of at least 4 members (excludes halogenated alkanes) is 16. The standard InChI is InChI=1S/C53H105N3O5S6/c1-7-12-16-20-22-26-31-50(29-24-18-14-9-3)48-64-66-62-46-44-60-52(58)33-37-56(42-40-54(6)39-41-55(35-11-5)36-28-43-57)38-34-53(59)61-45-47-63-67-65-49-51(30-25-19-15-10-4)32-27-23-21-17-13-8-2/h43,50-51H,7-42,44-49H2,1-6H3. The first-order valence-electron chi connectivity index (χ1n) is 27.5. The lowest BCUT2D eigenvalue weighted by Gasteiger charge is -2.27. The summed E-state index contributed by atoms with van der Waals surface area (Å²) in [5.41, 5.74) is 0. The quantitative estimate of drug-likeness (QED) is 0.0251. The number of carbonyl (C=O) groups is 3. The first kappa shape index (κ1) is 67.6. The van der Waals surface area contributed by atoms with Gasteiger partial charge in [0.05, 0.1) is 12.8 Å². The summed E-state index contributed by atoms with van der Waals surface area (Å²) in [4.78, 5) is 43.7. The molecule has 0 aliphatic rings. The Kier molecular flexibility index (Phi) is 54.8. The molecule has 67 heavy (non-hydrogen) atoms. The highest BCUT2D eigenvalue weighted by atomic mass is 33.5. The zero-order valence-corrected chi connectivity index (χ0v) is 49.2. The second-order valence-corrected chi connectivity index (χ2v) is 27.6. The Labute approximate surface area is 438 Å². The zero-order chi connectivity index (χ0) is 49.1. The Hall–Kier alpha value is 0.590. The Bertz CT molecular complexity index is 1010. The molecule has 0 aromatic carbocycles. The maximum Gasteiger partial charge on any atom is 0.307 e. The predicted octanol–water partition coefficient (Wildman–Crippen LogP) is 16.1.